The lowest BCUT2D eigenvalue weighted by Gasteiger charge is -2.22. The standard InChI is InChI=1S/C18H21N3O2S/c1-10-6-7-14(23-10)13-5-4-8-21(13)9-15-19-17(22)16-11(2)12(3)24-18(16)20-15/h6-7,13H,4-5,8-9H2,1-3H3,(H,19,20,22)/t13-/m0/s1. The molecule has 3 aromatic heterocycles. The lowest BCUT2D eigenvalue weighted by molar-refractivity contribution is 0.214. The molecule has 4 heterocycles. The molecule has 1 aliphatic heterocycles. The van der Waals surface area contributed by atoms with E-state index in [4.69, 9.17) is 9.40 Å². The van der Waals surface area contributed by atoms with Gasteiger partial charge in [0.15, 0.2) is 0 Å². The third kappa shape index (κ3) is 2.59. The molecule has 0 amide bonds. The summed E-state index contributed by atoms with van der Waals surface area (Å²) in [6.07, 6.45) is 2.21. The predicted molar refractivity (Wildman–Crippen MR) is 95.5 cm³/mol. The van der Waals surface area contributed by atoms with Crippen molar-refractivity contribution < 1.29 is 4.42 Å². The van der Waals surface area contributed by atoms with Gasteiger partial charge in [0, 0.05) is 4.88 Å². The minimum atomic E-state index is -0.0264. The van der Waals surface area contributed by atoms with Gasteiger partial charge in [-0.3, -0.25) is 9.69 Å². The molecule has 0 bridgehead atoms. The van der Waals surface area contributed by atoms with E-state index in [-0.39, 0.29) is 11.6 Å². The Morgan fingerprint density at radius 2 is 2.21 bits per heavy atom. The van der Waals surface area contributed by atoms with E-state index in [1.807, 2.05) is 26.8 Å². The molecule has 6 heteroatoms. The summed E-state index contributed by atoms with van der Waals surface area (Å²) in [5.74, 6) is 2.69. The topological polar surface area (TPSA) is 62.1 Å². The number of nitrogens with zero attached hydrogens (tertiary/aromatic N) is 2. The van der Waals surface area contributed by atoms with E-state index in [2.05, 4.69) is 16.0 Å². The Balaban J connectivity index is 1.65. The summed E-state index contributed by atoms with van der Waals surface area (Å²) in [6, 6.07) is 4.34. The summed E-state index contributed by atoms with van der Waals surface area (Å²) < 4.78 is 5.82. The van der Waals surface area contributed by atoms with E-state index in [1.54, 1.807) is 11.3 Å². The number of nitrogens with one attached hydrogen (secondary N) is 1. The van der Waals surface area contributed by atoms with Crippen LogP contribution in [0, 0.1) is 20.8 Å². The summed E-state index contributed by atoms with van der Waals surface area (Å²) >= 11 is 1.60. The first-order valence-corrected chi connectivity index (χ1v) is 9.14. The fraction of sp³-hybridized carbons (Fsp3) is 0.444. The zero-order valence-electron chi connectivity index (χ0n) is 14.2. The van der Waals surface area contributed by atoms with E-state index in [9.17, 15) is 4.79 Å². The quantitative estimate of drug-likeness (QED) is 0.785. The van der Waals surface area contributed by atoms with Gasteiger partial charge in [-0.05, 0) is 57.9 Å². The number of aryl methyl sites for hydroxylation is 3. The first kappa shape index (κ1) is 15.6. The minimum absolute atomic E-state index is 0.0264. The molecule has 0 aliphatic carbocycles. The van der Waals surface area contributed by atoms with Crippen molar-refractivity contribution in [2.75, 3.05) is 6.54 Å². The number of hydrogen-bond donors (Lipinski definition) is 1. The molecule has 126 valence electrons. The highest BCUT2D eigenvalue weighted by Gasteiger charge is 2.29. The van der Waals surface area contributed by atoms with Crippen LogP contribution >= 0.6 is 11.3 Å². The second-order valence-corrected chi connectivity index (χ2v) is 7.76. The van der Waals surface area contributed by atoms with Crippen molar-refractivity contribution in [1.29, 1.82) is 0 Å². The van der Waals surface area contributed by atoms with Gasteiger partial charge < -0.3 is 9.40 Å². The second-order valence-electron chi connectivity index (χ2n) is 6.55. The van der Waals surface area contributed by atoms with Crippen molar-refractivity contribution in [3.05, 3.63) is 50.3 Å². The van der Waals surface area contributed by atoms with Crippen molar-refractivity contribution in [3.8, 4) is 0 Å². The Morgan fingerprint density at radius 1 is 1.38 bits per heavy atom. The lowest BCUT2D eigenvalue weighted by Crippen LogP contribution is -2.25. The SMILES string of the molecule is Cc1ccc([C@@H]2CCCN2Cc2nc3sc(C)c(C)c3c(=O)[nH]2)o1. The largest absolute Gasteiger partial charge is 0.465 e. The van der Waals surface area contributed by atoms with Crippen LogP contribution in [0.15, 0.2) is 21.3 Å². The van der Waals surface area contributed by atoms with Gasteiger partial charge in [0.05, 0.1) is 18.0 Å². The lowest BCUT2D eigenvalue weighted by atomic mass is 10.1. The average molecular weight is 343 g/mol. The second kappa shape index (κ2) is 5.86. The summed E-state index contributed by atoms with van der Waals surface area (Å²) in [6.45, 7) is 7.63. The first-order valence-electron chi connectivity index (χ1n) is 8.32. The van der Waals surface area contributed by atoms with E-state index in [0.717, 1.165) is 57.4 Å². The maximum absolute atomic E-state index is 12.4. The number of fused-ring (bicyclic) bond motifs is 1. The number of H-pyrrole nitrogens is 1. The van der Waals surface area contributed by atoms with Crippen LogP contribution in [0.3, 0.4) is 0 Å². The molecule has 4 rings (SSSR count). The fourth-order valence-corrected chi connectivity index (χ4v) is 4.59. The van der Waals surface area contributed by atoms with Gasteiger partial charge in [-0.1, -0.05) is 0 Å². The molecule has 24 heavy (non-hydrogen) atoms. The third-order valence-corrected chi connectivity index (χ3v) is 6.00. The van der Waals surface area contributed by atoms with Crippen molar-refractivity contribution >= 4 is 21.6 Å². The van der Waals surface area contributed by atoms with E-state index >= 15 is 0 Å². The predicted octanol–water partition coefficient (Wildman–Crippen LogP) is 3.84. The van der Waals surface area contributed by atoms with Crippen molar-refractivity contribution in [3.63, 3.8) is 0 Å². The summed E-state index contributed by atoms with van der Waals surface area (Å²) in [7, 11) is 0. The van der Waals surface area contributed by atoms with Crippen LogP contribution in [0.2, 0.25) is 0 Å². The molecule has 0 spiro atoms. The summed E-state index contributed by atoms with van der Waals surface area (Å²) in [5.41, 5.74) is 1.02. The monoisotopic (exact) mass is 343 g/mol. The average Bonchev–Trinajstić information content (AvgIpc) is 3.20. The van der Waals surface area contributed by atoms with Crippen molar-refractivity contribution in [2.45, 2.75) is 46.2 Å². The van der Waals surface area contributed by atoms with Gasteiger partial charge in [0.1, 0.15) is 22.2 Å². The Bertz CT molecular complexity index is 953. The normalized spacial score (nSPS) is 18.7. The van der Waals surface area contributed by atoms with Gasteiger partial charge >= 0.3 is 0 Å². The molecule has 5 nitrogen and oxygen atoms in total. The van der Waals surface area contributed by atoms with E-state index in [1.165, 1.54) is 0 Å². The zero-order valence-corrected chi connectivity index (χ0v) is 15.0. The molecule has 1 aliphatic rings. The van der Waals surface area contributed by atoms with E-state index < -0.39 is 0 Å². The molecular weight excluding hydrogens is 322 g/mol. The molecule has 1 fully saturated rings. The number of rotatable bonds is 3. The molecule has 1 saturated heterocycles. The van der Waals surface area contributed by atoms with Crippen molar-refractivity contribution in [2.24, 2.45) is 0 Å². The molecule has 1 atom stereocenters. The van der Waals surface area contributed by atoms with Crippen LogP contribution in [0.4, 0.5) is 0 Å². The fourth-order valence-electron chi connectivity index (χ4n) is 3.54. The molecule has 0 aromatic carbocycles. The van der Waals surface area contributed by atoms with Crippen LogP contribution in [0.1, 0.15) is 46.7 Å². The van der Waals surface area contributed by atoms with Crippen LogP contribution < -0.4 is 5.56 Å². The van der Waals surface area contributed by atoms with Crippen LogP contribution in [-0.2, 0) is 6.54 Å². The molecule has 0 saturated carbocycles. The molecule has 0 unspecified atom stereocenters. The van der Waals surface area contributed by atoms with Gasteiger partial charge in [-0.2, -0.15) is 0 Å². The third-order valence-electron chi connectivity index (χ3n) is 4.89. The van der Waals surface area contributed by atoms with Crippen molar-refractivity contribution in [1.82, 2.24) is 14.9 Å². The first-order chi connectivity index (χ1) is 11.5. The van der Waals surface area contributed by atoms with Gasteiger partial charge in [0.25, 0.3) is 5.56 Å². The van der Waals surface area contributed by atoms with Crippen LogP contribution in [-0.4, -0.2) is 21.4 Å². The van der Waals surface area contributed by atoms with Gasteiger partial charge in [-0.25, -0.2) is 4.98 Å². The van der Waals surface area contributed by atoms with Crippen LogP contribution in [0.5, 0.6) is 0 Å². The summed E-state index contributed by atoms with van der Waals surface area (Å²) in [5, 5.41) is 0.737. The summed E-state index contributed by atoms with van der Waals surface area (Å²) in [4.78, 5) is 24.5. The number of thiophene rings is 1. The molecule has 3 aromatic rings. The molecule has 0 radical (unpaired) electrons. The maximum atomic E-state index is 12.4. The molecule has 1 N–H and O–H groups in total. The Hall–Kier alpha value is -1.92. The van der Waals surface area contributed by atoms with E-state index in [0.29, 0.717) is 6.54 Å². The minimum Gasteiger partial charge on any atom is -0.465 e. The smallest absolute Gasteiger partial charge is 0.259 e. The number of likely N-dealkylation sites (tertiary alicyclic amines) is 1. The van der Waals surface area contributed by atoms with Gasteiger partial charge in [-0.15, -0.1) is 11.3 Å². The number of hydrogen-bond acceptors (Lipinski definition) is 5. The number of aromatic nitrogens is 2. The maximum Gasteiger partial charge on any atom is 0.259 e. The molecular formula is C18H21N3O2S. The highest BCUT2D eigenvalue weighted by atomic mass is 32.1. The van der Waals surface area contributed by atoms with Crippen LogP contribution in [0.25, 0.3) is 10.2 Å². The Labute approximate surface area is 144 Å². The highest BCUT2D eigenvalue weighted by Crippen LogP contribution is 2.34. The highest BCUT2D eigenvalue weighted by molar-refractivity contribution is 7.18. The number of furan rings is 1. The Kier molecular flexibility index (Phi) is 3.81. The Morgan fingerprint density at radius 3 is 2.96 bits per heavy atom. The van der Waals surface area contributed by atoms with Gasteiger partial charge in [0.2, 0.25) is 0 Å². The zero-order chi connectivity index (χ0) is 16.8. The number of aromatic amines is 1.